The van der Waals surface area contributed by atoms with E-state index in [1.165, 1.54) is 0 Å². The molecule has 1 aliphatic rings. The van der Waals surface area contributed by atoms with Crippen LogP contribution in [0.25, 0.3) is 17.3 Å². The Labute approximate surface area is 167 Å². The van der Waals surface area contributed by atoms with E-state index in [-0.39, 0.29) is 11.5 Å². The molecule has 1 aromatic heterocycles. The number of hydrogen-bond acceptors (Lipinski definition) is 3. The van der Waals surface area contributed by atoms with Crippen molar-refractivity contribution in [2.24, 2.45) is 0 Å². The van der Waals surface area contributed by atoms with Gasteiger partial charge >= 0.3 is 0 Å². The maximum atomic E-state index is 12.9. The number of nitrogens with one attached hydrogen (secondary N) is 1. The van der Waals surface area contributed by atoms with Gasteiger partial charge in [-0.25, -0.2) is 0 Å². The first-order valence-corrected chi connectivity index (χ1v) is 9.31. The zero-order valence-corrected chi connectivity index (χ0v) is 15.8. The SMILES string of the molecule is N#C/C(=C\c1ccccc1)C(=O)N1CCc2[nH]nc(-c3ccc(Cl)cc3)c2C1. The minimum absolute atomic E-state index is 0.131. The minimum Gasteiger partial charge on any atom is -0.333 e. The standard InChI is InChI=1S/C22H17ClN4O/c23-18-8-6-16(7-9-18)21-19-14-27(11-10-20(19)25-26-21)22(28)17(13-24)12-15-4-2-1-3-5-15/h1-9,12H,10-11,14H2,(H,25,26)/b17-12+. The van der Waals surface area contributed by atoms with Gasteiger partial charge in [-0.2, -0.15) is 10.4 Å². The van der Waals surface area contributed by atoms with Gasteiger partial charge < -0.3 is 4.90 Å². The third-order valence-electron chi connectivity index (χ3n) is 4.80. The first-order chi connectivity index (χ1) is 13.7. The van der Waals surface area contributed by atoms with Crippen molar-refractivity contribution < 1.29 is 4.79 Å². The monoisotopic (exact) mass is 388 g/mol. The Balaban J connectivity index is 1.61. The van der Waals surface area contributed by atoms with E-state index in [2.05, 4.69) is 10.2 Å². The van der Waals surface area contributed by atoms with E-state index in [0.717, 1.165) is 28.1 Å². The first-order valence-electron chi connectivity index (χ1n) is 8.94. The highest BCUT2D eigenvalue weighted by Crippen LogP contribution is 2.29. The second-order valence-corrected chi connectivity index (χ2v) is 7.03. The molecule has 2 aromatic carbocycles. The highest BCUT2D eigenvalue weighted by Gasteiger charge is 2.27. The predicted octanol–water partition coefficient (Wildman–Crippen LogP) is 4.22. The van der Waals surface area contributed by atoms with Crippen LogP contribution in [0.3, 0.4) is 0 Å². The molecule has 0 radical (unpaired) electrons. The molecule has 6 heteroatoms. The van der Waals surface area contributed by atoms with Crippen LogP contribution in [0.1, 0.15) is 16.8 Å². The lowest BCUT2D eigenvalue weighted by Gasteiger charge is -2.27. The lowest BCUT2D eigenvalue weighted by atomic mass is 10.00. The zero-order chi connectivity index (χ0) is 19.5. The summed E-state index contributed by atoms with van der Waals surface area (Å²) < 4.78 is 0. The van der Waals surface area contributed by atoms with Crippen molar-refractivity contribution in [1.29, 1.82) is 5.26 Å². The molecule has 1 N–H and O–H groups in total. The molecule has 28 heavy (non-hydrogen) atoms. The smallest absolute Gasteiger partial charge is 0.264 e. The molecule has 138 valence electrons. The Bertz CT molecular complexity index is 1080. The number of nitriles is 1. The minimum atomic E-state index is -0.264. The van der Waals surface area contributed by atoms with Gasteiger partial charge in [-0.1, -0.05) is 54.1 Å². The maximum Gasteiger partial charge on any atom is 0.264 e. The van der Waals surface area contributed by atoms with Crippen LogP contribution in [0.4, 0.5) is 0 Å². The summed E-state index contributed by atoms with van der Waals surface area (Å²) in [5.74, 6) is -0.264. The molecule has 0 atom stereocenters. The molecule has 0 saturated carbocycles. The predicted molar refractivity (Wildman–Crippen MR) is 108 cm³/mol. The number of carbonyl (C=O) groups excluding carboxylic acids is 1. The van der Waals surface area contributed by atoms with Crippen LogP contribution < -0.4 is 0 Å². The summed E-state index contributed by atoms with van der Waals surface area (Å²) in [6.45, 7) is 0.957. The largest absolute Gasteiger partial charge is 0.333 e. The van der Waals surface area contributed by atoms with Crippen LogP contribution in [0.5, 0.6) is 0 Å². The molecule has 0 unspecified atom stereocenters. The summed E-state index contributed by atoms with van der Waals surface area (Å²) in [5.41, 5.74) is 4.73. The van der Waals surface area contributed by atoms with E-state index in [4.69, 9.17) is 11.6 Å². The number of amides is 1. The van der Waals surface area contributed by atoms with Gasteiger partial charge in [0.1, 0.15) is 11.6 Å². The van der Waals surface area contributed by atoms with E-state index in [0.29, 0.717) is 24.5 Å². The molecule has 1 amide bonds. The molecule has 0 fully saturated rings. The van der Waals surface area contributed by atoms with Gasteiger partial charge in [0.15, 0.2) is 0 Å². The zero-order valence-electron chi connectivity index (χ0n) is 15.0. The normalized spacial score (nSPS) is 13.7. The maximum absolute atomic E-state index is 12.9. The van der Waals surface area contributed by atoms with Gasteiger partial charge in [0.05, 0.1) is 5.69 Å². The fourth-order valence-electron chi connectivity index (χ4n) is 3.34. The van der Waals surface area contributed by atoms with Crippen LogP contribution in [0.2, 0.25) is 5.02 Å². The fraction of sp³-hybridized carbons (Fsp3) is 0.136. The molecule has 3 aromatic rings. The molecular formula is C22H17ClN4O. The summed E-state index contributed by atoms with van der Waals surface area (Å²) in [7, 11) is 0. The number of H-pyrrole nitrogens is 1. The second-order valence-electron chi connectivity index (χ2n) is 6.59. The number of rotatable bonds is 3. The number of aromatic nitrogens is 2. The third-order valence-corrected chi connectivity index (χ3v) is 5.05. The third kappa shape index (κ3) is 3.55. The average Bonchev–Trinajstić information content (AvgIpc) is 3.16. The number of nitrogens with zero attached hydrogens (tertiary/aromatic N) is 3. The van der Waals surface area contributed by atoms with Crippen LogP contribution in [-0.2, 0) is 17.8 Å². The topological polar surface area (TPSA) is 72.8 Å². The number of aromatic amines is 1. The van der Waals surface area contributed by atoms with Crippen LogP contribution >= 0.6 is 11.6 Å². The number of carbonyl (C=O) groups is 1. The molecular weight excluding hydrogens is 372 g/mol. The molecule has 5 nitrogen and oxygen atoms in total. The highest BCUT2D eigenvalue weighted by molar-refractivity contribution is 6.30. The molecule has 4 rings (SSSR count). The number of fused-ring (bicyclic) bond motifs is 1. The summed E-state index contributed by atoms with van der Waals surface area (Å²) in [6.07, 6.45) is 2.30. The van der Waals surface area contributed by atoms with Crippen molar-refractivity contribution in [1.82, 2.24) is 15.1 Å². The first kappa shape index (κ1) is 18.0. The Kier molecular flexibility index (Phi) is 4.96. The van der Waals surface area contributed by atoms with E-state index in [1.54, 1.807) is 11.0 Å². The van der Waals surface area contributed by atoms with E-state index >= 15 is 0 Å². The Hall–Kier alpha value is -3.36. The number of benzene rings is 2. The van der Waals surface area contributed by atoms with Gasteiger partial charge in [-0.05, 0) is 23.8 Å². The average molecular weight is 389 g/mol. The molecule has 1 aliphatic heterocycles. The van der Waals surface area contributed by atoms with E-state index in [1.807, 2.05) is 60.7 Å². The Morgan fingerprint density at radius 2 is 1.93 bits per heavy atom. The Morgan fingerprint density at radius 1 is 1.18 bits per heavy atom. The molecule has 0 bridgehead atoms. The van der Waals surface area contributed by atoms with Crippen LogP contribution in [0, 0.1) is 11.3 Å². The van der Waals surface area contributed by atoms with Gasteiger partial charge in [0.25, 0.3) is 5.91 Å². The van der Waals surface area contributed by atoms with Crippen molar-refractivity contribution >= 4 is 23.6 Å². The van der Waals surface area contributed by atoms with Gasteiger partial charge in [-0.15, -0.1) is 0 Å². The van der Waals surface area contributed by atoms with Crippen molar-refractivity contribution in [3.05, 3.63) is 82.0 Å². The van der Waals surface area contributed by atoms with Crippen molar-refractivity contribution in [3.63, 3.8) is 0 Å². The number of halogens is 1. The highest BCUT2D eigenvalue weighted by atomic mass is 35.5. The van der Waals surface area contributed by atoms with Crippen molar-refractivity contribution in [2.45, 2.75) is 13.0 Å². The number of hydrogen-bond donors (Lipinski definition) is 1. The van der Waals surface area contributed by atoms with Crippen LogP contribution in [-0.4, -0.2) is 27.5 Å². The van der Waals surface area contributed by atoms with E-state index in [9.17, 15) is 10.1 Å². The van der Waals surface area contributed by atoms with Gasteiger partial charge in [-0.3, -0.25) is 9.89 Å². The Morgan fingerprint density at radius 3 is 2.64 bits per heavy atom. The molecule has 2 heterocycles. The van der Waals surface area contributed by atoms with Crippen molar-refractivity contribution in [3.8, 4) is 17.3 Å². The van der Waals surface area contributed by atoms with Crippen molar-refractivity contribution in [2.75, 3.05) is 6.54 Å². The van der Waals surface area contributed by atoms with Crippen LogP contribution in [0.15, 0.2) is 60.2 Å². The van der Waals surface area contributed by atoms with Gasteiger partial charge in [0.2, 0.25) is 0 Å². The summed E-state index contributed by atoms with van der Waals surface area (Å²) >= 11 is 5.98. The van der Waals surface area contributed by atoms with Gasteiger partial charge in [0, 0.05) is 41.4 Å². The molecule has 0 spiro atoms. The molecule has 0 saturated heterocycles. The van der Waals surface area contributed by atoms with E-state index < -0.39 is 0 Å². The quantitative estimate of drug-likeness (QED) is 0.539. The lowest BCUT2D eigenvalue weighted by Crippen LogP contribution is -2.36. The summed E-state index contributed by atoms with van der Waals surface area (Å²) in [4.78, 5) is 14.6. The summed E-state index contributed by atoms with van der Waals surface area (Å²) in [5, 5.41) is 17.7. The lowest BCUT2D eigenvalue weighted by molar-refractivity contribution is -0.127. The molecule has 0 aliphatic carbocycles. The fourth-order valence-corrected chi connectivity index (χ4v) is 3.47. The second kappa shape index (κ2) is 7.71. The summed E-state index contributed by atoms with van der Waals surface area (Å²) in [6, 6.07) is 18.9.